The highest BCUT2D eigenvalue weighted by atomic mass is 35.5. The van der Waals surface area contributed by atoms with Crippen LogP contribution in [0.15, 0.2) is 71.3 Å². The number of aromatic nitrogens is 1. The first kappa shape index (κ1) is 33.3. The minimum Gasteiger partial charge on any atom is -0.355 e. The van der Waals surface area contributed by atoms with Crippen LogP contribution < -0.4 is 0 Å². The van der Waals surface area contributed by atoms with Gasteiger partial charge in [0.25, 0.3) is 11.8 Å². The van der Waals surface area contributed by atoms with Gasteiger partial charge in [-0.2, -0.15) is 26.3 Å². The molecule has 1 aliphatic rings. The summed E-state index contributed by atoms with van der Waals surface area (Å²) < 4.78 is 86.8. The van der Waals surface area contributed by atoms with E-state index in [2.05, 4.69) is 5.16 Å². The number of likely N-dealkylation sites (N-methyl/N-ethyl adjacent to an activating group) is 1. The number of carbonyl (C=O) groups excluding carboxylic acids is 2. The smallest absolute Gasteiger partial charge is 0.355 e. The normalized spacial score (nSPS) is 17.2. The number of hydrogen-bond acceptors (Lipinski definition) is 4. The first-order chi connectivity index (χ1) is 21.6. The van der Waals surface area contributed by atoms with Gasteiger partial charge in [0.15, 0.2) is 5.76 Å². The van der Waals surface area contributed by atoms with Crippen LogP contribution in [0.25, 0.3) is 11.3 Å². The summed E-state index contributed by atoms with van der Waals surface area (Å²) in [6.45, 7) is 1.76. The second-order valence-corrected chi connectivity index (χ2v) is 11.8. The van der Waals surface area contributed by atoms with Crippen molar-refractivity contribution < 1.29 is 40.5 Å². The van der Waals surface area contributed by atoms with Crippen LogP contribution in [-0.4, -0.2) is 52.9 Å². The van der Waals surface area contributed by atoms with Crippen LogP contribution in [0.4, 0.5) is 26.3 Å². The third kappa shape index (κ3) is 6.73. The molecule has 2 heterocycles. The summed E-state index contributed by atoms with van der Waals surface area (Å²) in [6, 6.07) is 13.6. The number of benzene rings is 3. The van der Waals surface area contributed by atoms with Gasteiger partial charge in [-0.05, 0) is 49.2 Å². The van der Waals surface area contributed by atoms with Crippen LogP contribution >= 0.6 is 23.2 Å². The second kappa shape index (κ2) is 12.6. The maximum atomic E-state index is 14.0. The predicted octanol–water partition coefficient (Wildman–Crippen LogP) is 8.76. The molecule has 2 amide bonds. The third-order valence-electron chi connectivity index (χ3n) is 8.00. The van der Waals surface area contributed by atoms with E-state index in [1.165, 1.54) is 13.1 Å². The lowest BCUT2D eigenvalue weighted by Crippen LogP contribution is -2.52. The van der Waals surface area contributed by atoms with Gasteiger partial charge in [0.05, 0.1) is 26.9 Å². The zero-order valence-electron chi connectivity index (χ0n) is 24.2. The van der Waals surface area contributed by atoms with E-state index in [0.29, 0.717) is 29.0 Å². The van der Waals surface area contributed by atoms with Gasteiger partial charge >= 0.3 is 12.4 Å². The van der Waals surface area contributed by atoms with Crippen molar-refractivity contribution in [2.45, 2.75) is 37.7 Å². The van der Waals surface area contributed by atoms with E-state index < -0.39 is 52.8 Å². The van der Waals surface area contributed by atoms with Crippen molar-refractivity contribution in [1.29, 1.82) is 0 Å². The zero-order chi connectivity index (χ0) is 33.6. The third-order valence-corrected chi connectivity index (χ3v) is 8.74. The number of hydrogen-bond donors (Lipinski definition) is 0. The quantitative estimate of drug-likeness (QED) is 0.197. The molecular weight excluding hydrogens is 659 g/mol. The molecule has 3 aromatic carbocycles. The summed E-state index contributed by atoms with van der Waals surface area (Å²) in [5.74, 6) is -1.83. The first-order valence-electron chi connectivity index (χ1n) is 13.9. The number of nitrogens with zero attached hydrogens (tertiary/aromatic N) is 3. The SMILES string of the molecule is Cc1noc(-c2ccccc2)c1C(=O)N1CC[C@@H](N(C)C(=O)c2cc(C(F)(F)F)cc(C(F)(F)F)c2)[C@H](c2ccc(Cl)c(Cl)c2)C1. The highest BCUT2D eigenvalue weighted by molar-refractivity contribution is 6.42. The molecule has 1 saturated heterocycles. The highest BCUT2D eigenvalue weighted by Crippen LogP contribution is 2.39. The Hall–Kier alpha value is -4.03. The molecule has 4 aromatic rings. The summed E-state index contributed by atoms with van der Waals surface area (Å²) in [7, 11) is 1.31. The Balaban J connectivity index is 1.51. The van der Waals surface area contributed by atoms with E-state index in [4.69, 9.17) is 27.7 Å². The molecule has 6 nitrogen and oxygen atoms in total. The first-order valence-corrected chi connectivity index (χ1v) is 14.6. The molecule has 0 aliphatic carbocycles. The summed E-state index contributed by atoms with van der Waals surface area (Å²) >= 11 is 12.4. The lowest BCUT2D eigenvalue weighted by atomic mass is 9.84. The van der Waals surface area contributed by atoms with Crippen molar-refractivity contribution in [3.8, 4) is 11.3 Å². The van der Waals surface area contributed by atoms with Crippen molar-refractivity contribution in [3.05, 3.63) is 110 Å². The molecule has 1 aliphatic heterocycles. The van der Waals surface area contributed by atoms with Crippen LogP contribution in [0.5, 0.6) is 0 Å². The molecule has 242 valence electrons. The van der Waals surface area contributed by atoms with Gasteiger partial charge in [-0.3, -0.25) is 9.59 Å². The van der Waals surface area contributed by atoms with Crippen molar-refractivity contribution in [1.82, 2.24) is 15.0 Å². The largest absolute Gasteiger partial charge is 0.416 e. The van der Waals surface area contributed by atoms with Crippen LogP contribution in [0, 0.1) is 6.92 Å². The predicted molar refractivity (Wildman–Crippen MR) is 159 cm³/mol. The van der Waals surface area contributed by atoms with Crippen molar-refractivity contribution in [2.75, 3.05) is 20.1 Å². The van der Waals surface area contributed by atoms with Crippen molar-refractivity contribution in [2.24, 2.45) is 0 Å². The fraction of sp³-hybridized carbons (Fsp3) is 0.281. The van der Waals surface area contributed by atoms with Crippen molar-refractivity contribution >= 4 is 35.0 Å². The van der Waals surface area contributed by atoms with Crippen LogP contribution in [-0.2, 0) is 12.4 Å². The van der Waals surface area contributed by atoms with E-state index in [1.807, 2.05) is 6.07 Å². The van der Waals surface area contributed by atoms with E-state index in [1.54, 1.807) is 48.2 Å². The summed E-state index contributed by atoms with van der Waals surface area (Å²) in [6.07, 6.45) is -10.1. The van der Waals surface area contributed by atoms with Gasteiger partial charge in [-0.25, -0.2) is 0 Å². The molecule has 0 spiro atoms. The molecule has 1 fully saturated rings. The standard InChI is InChI=1S/C32H25Cl2F6N3O3/c1-17-27(28(46-41-17)18-6-4-3-5-7-18)30(45)43-11-10-26(23(16-43)19-8-9-24(33)25(34)14-19)42(2)29(44)20-12-21(31(35,36)37)15-22(13-20)32(38,39)40/h3-9,12-15,23,26H,10-11,16H2,1-2H3/t23-,26+/m0/s1. The Morgan fingerprint density at radius 1 is 0.913 bits per heavy atom. The van der Waals surface area contributed by atoms with Gasteiger partial charge in [0.1, 0.15) is 5.56 Å². The molecule has 5 rings (SSSR count). The summed E-state index contributed by atoms with van der Waals surface area (Å²) in [5.41, 5.74) is -2.18. The molecule has 14 heteroatoms. The van der Waals surface area contributed by atoms with Gasteiger partial charge in [0, 0.05) is 43.2 Å². The molecule has 0 bridgehead atoms. The minimum atomic E-state index is -5.12. The lowest BCUT2D eigenvalue weighted by molar-refractivity contribution is -0.143. The fourth-order valence-electron chi connectivity index (χ4n) is 5.66. The highest BCUT2D eigenvalue weighted by Gasteiger charge is 2.41. The number of halogens is 8. The van der Waals surface area contributed by atoms with Crippen LogP contribution in [0.2, 0.25) is 10.0 Å². The molecule has 0 saturated carbocycles. The summed E-state index contributed by atoms with van der Waals surface area (Å²) in [4.78, 5) is 30.2. The number of amides is 2. The van der Waals surface area contributed by atoms with Gasteiger partial charge < -0.3 is 14.3 Å². The number of alkyl halides is 6. The number of carbonyl (C=O) groups is 2. The Morgan fingerprint density at radius 2 is 1.54 bits per heavy atom. The number of likely N-dealkylation sites (tertiary alicyclic amines) is 1. The van der Waals surface area contributed by atoms with Crippen LogP contribution in [0.1, 0.15) is 55.4 Å². The Bertz CT molecular complexity index is 1740. The molecule has 1 aromatic heterocycles. The molecule has 0 N–H and O–H groups in total. The molecular formula is C32H25Cl2F6N3O3. The molecule has 0 unspecified atom stereocenters. The van der Waals surface area contributed by atoms with E-state index in [-0.39, 0.29) is 46.9 Å². The van der Waals surface area contributed by atoms with E-state index in [9.17, 15) is 35.9 Å². The second-order valence-electron chi connectivity index (χ2n) is 10.9. The van der Waals surface area contributed by atoms with Crippen LogP contribution in [0.3, 0.4) is 0 Å². The maximum absolute atomic E-state index is 14.0. The number of aryl methyl sites for hydroxylation is 1. The number of rotatable bonds is 5. The summed E-state index contributed by atoms with van der Waals surface area (Å²) in [5, 5.41) is 4.41. The Morgan fingerprint density at radius 3 is 2.13 bits per heavy atom. The Kier molecular flexibility index (Phi) is 9.16. The van der Waals surface area contributed by atoms with Gasteiger partial charge in [-0.1, -0.05) is 64.8 Å². The topological polar surface area (TPSA) is 66.7 Å². The molecule has 2 atom stereocenters. The monoisotopic (exact) mass is 683 g/mol. The minimum absolute atomic E-state index is 0.0221. The zero-order valence-corrected chi connectivity index (χ0v) is 25.7. The van der Waals surface area contributed by atoms with Gasteiger partial charge in [-0.15, -0.1) is 0 Å². The van der Waals surface area contributed by atoms with E-state index in [0.717, 1.165) is 4.90 Å². The van der Waals surface area contributed by atoms with E-state index >= 15 is 0 Å². The Labute approximate surface area is 269 Å². The average Bonchev–Trinajstić information content (AvgIpc) is 3.41. The molecule has 0 radical (unpaired) electrons. The van der Waals surface area contributed by atoms with Gasteiger partial charge in [0.2, 0.25) is 0 Å². The maximum Gasteiger partial charge on any atom is 0.416 e. The van der Waals surface area contributed by atoms with Crippen molar-refractivity contribution in [3.63, 3.8) is 0 Å². The number of piperidine rings is 1. The average molecular weight is 684 g/mol. The molecule has 46 heavy (non-hydrogen) atoms. The lowest BCUT2D eigenvalue weighted by Gasteiger charge is -2.43. The fourth-order valence-corrected chi connectivity index (χ4v) is 5.96.